The van der Waals surface area contributed by atoms with E-state index in [1.165, 1.54) is 6.33 Å². The number of aryl methyl sites for hydroxylation is 1. The molecule has 0 aliphatic carbocycles. The van der Waals surface area contributed by atoms with Crippen LogP contribution < -0.4 is 15.4 Å². The molecule has 3 heterocycles. The molecule has 9 nitrogen and oxygen atoms in total. The number of nitriles is 1. The van der Waals surface area contributed by atoms with E-state index in [1.807, 2.05) is 20.8 Å². The van der Waals surface area contributed by atoms with Crippen molar-refractivity contribution < 1.29 is 9.47 Å². The first-order valence-electron chi connectivity index (χ1n) is 10.0. The fourth-order valence-corrected chi connectivity index (χ4v) is 4.24. The molecule has 0 radical (unpaired) electrons. The predicted molar refractivity (Wildman–Crippen MR) is 119 cm³/mol. The Hall–Kier alpha value is -3.09. The number of rotatable bonds is 6. The van der Waals surface area contributed by atoms with Gasteiger partial charge in [0.15, 0.2) is 5.65 Å². The van der Waals surface area contributed by atoms with Crippen LogP contribution in [0.3, 0.4) is 0 Å². The number of fused-ring (bicyclic) bond motifs is 1. The molecule has 1 unspecified atom stereocenters. The molecule has 1 saturated heterocycles. The summed E-state index contributed by atoms with van der Waals surface area (Å²) in [6.07, 6.45) is 1.53. The van der Waals surface area contributed by atoms with Crippen molar-refractivity contribution in [2.45, 2.75) is 32.9 Å². The molecule has 1 aromatic carbocycles. The topological polar surface area (TPSA) is 115 Å². The molecule has 31 heavy (non-hydrogen) atoms. The molecule has 2 aromatic heterocycles. The van der Waals surface area contributed by atoms with Crippen molar-refractivity contribution in [3.63, 3.8) is 0 Å². The van der Waals surface area contributed by atoms with Crippen LogP contribution in [0.2, 0.25) is 5.02 Å². The maximum atomic E-state index is 9.81. The molecular weight excluding hydrogens is 418 g/mol. The summed E-state index contributed by atoms with van der Waals surface area (Å²) >= 11 is 6.57. The van der Waals surface area contributed by atoms with Gasteiger partial charge in [0, 0.05) is 25.8 Å². The van der Waals surface area contributed by atoms with Gasteiger partial charge in [-0.05, 0) is 26.8 Å². The van der Waals surface area contributed by atoms with Gasteiger partial charge >= 0.3 is 0 Å². The van der Waals surface area contributed by atoms with Gasteiger partial charge in [0.05, 0.1) is 46.1 Å². The molecule has 4 rings (SSSR count). The summed E-state index contributed by atoms with van der Waals surface area (Å²) in [4.78, 5) is 10.5. The molecule has 3 aromatic rings. The van der Waals surface area contributed by atoms with Crippen molar-refractivity contribution in [2.24, 2.45) is 0 Å². The fraction of sp³-hybridized carbons (Fsp3) is 0.429. The summed E-state index contributed by atoms with van der Waals surface area (Å²) in [5.74, 6) is 1.00. The third-order valence-electron chi connectivity index (χ3n) is 5.64. The lowest BCUT2D eigenvalue weighted by molar-refractivity contribution is 0.0783. The minimum Gasteiger partial charge on any atom is -0.491 e. The number of nitrogens with two attached hydrogens (primary N) is 1. The number of anilines is 2. The highest BCUT2D eigenvalue weighted by Gasteiger charge is 2.34. The standard InChI is InChI=1S/C21H24ClN7O2/c1-5-31-19-14(6-16(22)15(7-23)18(19)28-8-13(9-28)30-4)12(3)29-21-17(11(2)27-29)20(24)25-10-26-21/h6,10,12-13H,5,8-9H2,1-4H3,(H2,24,25,26). The Balaban J connectivity index is 1.90. The Bertz CT molecular complexity index is 1180. The lowest BCUT2D eigenvalue weighted by Gasteiger charge is -2.41. The monoisotopic (exact) mass is 441 g/mol. The molecule has 1 aliphatic rings. The molecule has 1 fully saturated rings. The van der Waals surface area contributed by atoms with Crippen molar-refractivity contribution in [3.05, 3.63) is 34.2 Å². The Morgan fingerprint density at radius 3 is 2.77 bits per heavy atom. The van der Waals surface area contributed by atoms with Crippen LogP contribution in [-0.2, 0) is 4.74 Å². The second-order valence-corrected chi connectivity index (χ2v) is 7.88. The average Bonchev–Trinajstić information content (AvgIpc) is 3.06. The summed E-state index contributed by atoms with van der Waals surface area (Å²) in [5, 5.41) is 15.6. The maximum absolute atomic E-state index is 9.81. The smallest absolute Gasteiger partial charge is 0.164 e. The van der Waals surface area contributed by atoms with Crippen LogP contribution in [-0.4, -0.2) is 52.7 Å². The SMILES string of the molecule is CCOc1c(C(C)n2nc(C)c3c(N)ncnc32)cc(Cl)c(C#N)c1N1CC(OC)C1. The van der Waals surface area contributed by atoms with Gasteiger partial charge in [-0.3, -0.25) is 0 Å². The second-order valence-electron chi connectivity index (χ2n) is 7.47. The van der Waals surface area contributed by atoms with Crippen LogP contribution in [0.4, 0.5) is 11.5 Å². The Morgan fingerprint density at radius 1 is 1.39 bits per heavy atom. The van der Waals surface area contributed by atoms with Crippen molar-refractivity contribution >= 4 is 34.1 Å². The number of halogens is 1. The number of hydrogen-bond donors (Lipinski definition) is 1. The molecule has 2 N–H and O–H groups in total. The first-order valence-corrected chi connectivity index (χ1v) is 10.4. The van der Waals surface area contributed by atoms with Gasteiger partial charge in [0.25, 0.3) is 0 Å². The van der Waals surface area contributed by atoms with E-state index in [2.05, 4.69) is 26.0 Å². The van der Waals surface area contributed by atoms with E-state index >= 15 is 0 Å². The summed E-state index contributed by atoms with van der Waals surface area (Å²) in [6, 6.07) is 3.73. The number of nitrogens with zero attached hydrogens (tertiary/aromatic N) is 6. The molecule has 1 atom stereocenters. The van der Waals surface area contributed by atoms with Gasteiger partial charge < -0.3 is 20.1 Å². The van der Waals surface area contributed by atoms with E-state index in [0.29, 0.717) is 53.2 Å². The van der Waals surface area contributed by atoms with Gasteiger partial charge in [-0.25, -0.2) is 14.6 Å². The van der Waals surface area contributed by atoms with Crippen LogP contribution in [0.15, 0.2) is 12.4 Å². The number of hydrogen-bond acceptors (Lipinski definition) is 8. The van der Waals surface area contributed by atoms with E-state index in [1.54, 1.807) is 17.9 Å². The summed E-state index contributed by atoms with van der Waals surface area (Å²) in [6.45, 7) is 7.53. The zero-order valence-electron chi connectivity index (χ0n) is 17.9. The highest BCUT2D eigenvalue weighted by Crippen LogP contribution is 2.45. The first kappa shape index (κ1) is 21.2. The highest BCUT2D eigenvalue weighted by molar-refractivity contribution is 6.32. The number of ether oxygens (including phenoxy) is 2. The van der Waals surface area contributed by atoms with E-state index < -0.39 is 0 Å². The molecule has 0 spiro atoms. The number of methoxy groups -OCH3 is 1. The molecule has 0 bridgehead atoms. The van der Waals surface area contributed by atoms with Crippen LogP contribution in [0.5, 0.6) is 5.75 Å². The van der Waals surface area contributed by atoms with Gasteiger partial charge in [0.1, 0.15) is 24.0 Å². The summed E-state index contributed by atoms with van der Waals surface area (Å²) in [5.41, 5.74) is 9.32. The molecule has 0 saturated carbocycles. The zero-order valence-corrected chi connectivity index (χ0v) is 18.6. The van der Waals surface area contributed by atoms with Gasteiger partial charge in [-0.15, -0.1) is 0 Å². The minimum absolute atomic E-state index is 0.109. The molecular formula is C21H24ClN7O2. The Kier molecular flexibility index (Phi) is 5.60. The third-order valence-corrected chi connectivity index (χ3v) is 5.94. The van der Waals surface area contributed by atoms with Gasteiger partial charge in [-0.2, -0.15) is 10.4 Å². The quantitative estimate of drug-likeness (QED) is 0.620. The van der Waals surface area contributed by atoms with Crippen molar-refractivity contribution in [1.82, 2.24) is 19.7 Å². The van der Waals surface area contributed by atoms with E-state index in [0.717, 1.165) is 16.6 Å². The predicted octanol–water partition coefficient (Wildman–Crippen LogP) is 3.09. The lowest BCUT2D eigenvalue weighted by atomic mass is 9.99. The van der Waals surface area contributed by atoms with Crippen LogP contribution in [0, 0.1) is 18.3 Å². The van der Waals surface area contributed by atoms with Crippen molar-refractivity contribution in [1.29, 1.82) is 5.26 Å². The van der Waals surface area contributed by atoms with E-state index in [4.69, 9.17) is 26.8 Å². The average molecular weight is 442 g/mol. The molecule has 0 amide bonds. The van der Waals surface area contributed by atoms with E-state index in [9.17, 15) is 5.26 Å². The van der Waals surface area contributed by atoms with E-state index in [-0.39, 0.29) is 12.1 Å². The van der Waals surface area contributed by atoms with Gasteiger partial charge in [0.2, 0.25) is 0 Å². The Labute approximate surface area is 185 Å². The minimum atomic E-state index is -0.282. The second kappa shape index (κ2) is 8.21. The van der Waals surface area contributed by atoms with Gasteiger partial charge in [-0.1, -0.05) is 11.6 Å². The number of nitrogen functional groups attached to an aromatic ring is 1. The molecule has 1 aliphatic heterocycles. The lowest BCUT2D eigenvalue weighted by Crippen LogP contribution is -2.52. The maximum Gasteiger partial charge on any atom is 0.164 e. The number of benzene rings is 1. The van der Waals surface area contributed by atoms with Crippen molar-refractivity contribution in [2.75, 3.05) is 37.4 Å². The van der Waals surface area contributed by atoms with Crippen molar-refractivity contribution in [3.8, 4) is 11.8 Å². The largest absolute Gasteiger partial charge is 0.491 e. The normalized spacial score (nSPS) is 15.0. The highest BCUT2D eigenvalue weighted by atomic mass is 35.5. The zero-order chi connectivity index (χ0) is 22.3. The molecule has 162 valence electrons. The van der Waals surface area contributed by atoms with Crippen LogP contribution in [0.25, 0.3) is 11.0 Å². The van der Waals surface area contributed by atoms with Crippen LogP contribution >= 0.6 is 11.6 Å². The summed E-state index contributed by atoms with van der Waals surface area (Å²) < 4.78 is 13.3. The first-order chi connectivity index (χ1) is 14.9. The van der Waals surface area contributed by atoms with Crippen LogP contribution in [0.1, 0.15) is 36.7 Å². The third kappa shape index (κ3) is 3.42. The fourth-order valence-electron chi connectivity index (χ4n) is 3.99. The summed E-state index contributed by atoms with van der Waals surface area (Å²) in [7, 11) is 1.68. The Morgan fingerprint density at radius 2 is 2.13 bits per heavy atom. The number of aromatic nitrogens is 4. The molecule has 10 heteroatoms.